The summed E-state index contributed by atoms with van der Waals surface area (Å²) in [6.45, 7) is 0. The van der Waals surface area contributed by atoms with Gasteiger partial charge in [-0.05, 0) is 61.7 Å². The second-order valence-corrected chi connectivity index (χ2v) is 7.41. The Kier molecular flexibility index (Phi) is 4.48. The van der Waals surface area contributed by atoms with Gasteiger partial charge in [0.1, 0.15) is 5.52 Å². The van der Waals surface area contributed by atoms with Crippen LogP contribution in [0.3, 0.4) is 0 Å². The molecule has 0 unspecified atom stereocenters. The van der Waals surface area contributed by atoms with Gasteiger partial charge in [-0.15, -0.1) is 0 Å². The van der Waals surface area contributed by atoms with Crippen LogP contribution in [0.1, 0.15) is 19.3 Å². The average Bonchev–Trinajstić information content (AvgIpc) is 3.35. The van der Waals surface area contributed by atoms with Crippen molar-refractivity contribution in [2.75, 3.05) is 10.6 Å². The van der Waals surface area contributed by atoms with Crippen LogP contribution in [-0.2, 0) is 0 Å². The van der Waals surface area contributed by atoms with Crippen LogP contribution in [0.4, 0.5) is 11.6 Å². The molecule has 3 heterocycles. The number of benzene rings is 1. The van der Waals surface area contributed by atoms with Crippen molar-refractivity contribution in [2.24, 2.45) is 0 Å². The molecule has 1 fully saturated rings. The van der Waals surface area contributed by atoms with E-state index in [4.69, 9.17) is 0 Å². The molecule has 1 saturated carbocycles. The molecule has 7 heteroatoms. The largest absolute Gasteiger partial charge is 0.382 e. The molecule has 4 aromatic rings. The summed E-state index contributed by atoms with van der Waals surface area (Å²) in [5.41, 5.74) is 3.58. The van der Waals surface area contributed by atoms with Crippen molar-refractivity contribution in [3.05, 3.63) is 77.3 Å². The quantitative estimate of drug-likeness (QED) is 0.488. The van der Waals surface area contributed by atoms with E-state index in [0.717, 1.165) is 47.7 Å². The van der Waals surface area contributed by atoms with E-state index in [2.05, 4.69) is 25.6 Å². The van der Waals surface area contributed by atoms with Gasteiger partial charge in [-0.25, -0.2) is 9.97 Å². The van der Waals surface area contributed by atoms with Crippen molar-refractivity contribution in [3.8, 4) is 5.69 Å². The highest BCUT2D eigenvalue weighted by molar-refractivity contribution is 5.72. The summed E-state index contributed by atoms with van der Waals surface area (Å²) in [5, 5.41) is 7.10. The SMILES string of the molecule is O=c1ccccn1-c1ccc(N[C@H]2CC[C@H](Nc3nc4cccnc4[nH]3)C2)cc1. The number of H-pyrrole nitrogens is 1. The Labute approximate surface area is 167 Å². The molecule has 146 valence electrons. The van der Waals surface area contributed by atoms with Gasteiger partial charge in [0.2, 0.25) is 5.95 Å². The van der Waals surface area contributed by atoms with Gasteiger partial charge in [0.25, 0.3) is 5.56 Å². The van der Waals surface area contributed by atoms with Crippen LogP contribution in [-0.4, -0.2) is 31.6 Å². The molecule has 0 aliphatic heterocycles. The van der Waals surface area contributed by atoms with Gasteiger partial charge in [0.05, 0.1) is 0 Å². The lowest BCUT2D eigenvalue weighted by Gasteiger charge is -2.16. The van der Waals surface area contributed by atoms with Gasteiger partial charge >= 0.3 is 0 Å². The number of rotatable bonds is 5. The van der Waals surface area contributed by atoms with Gasteiger partial charge in [0, 0.05) is 41.9 Å². The fraction of sp³-hybridized carbons (Fsp3) is 0.227. The summed E-state index contributed by atoms with van der Waals surface area (Å²) in [6.07, 6.45) is 6.74. The van der Waals surface area contributed by atoms with Crippen LogP contribution in [0.25, 0.3) is 16.9 Å². The Bertz CT molecular complexity index is 1150. The van der Waals surface area contributed by atoms with E-state index in [-0.39, 0.29) is 5.56 Å². The van der Waals surface area contributed by atoms with E-state index >= 15 is 0 Å². The molecule has 0 bridgehead atoms. The van der Waals surface area contributed by atoms with E-state index in [9.17, 15) is 4.79 Å². The topological polar surface area (TPSA) is 87.6 Å². The summed E-state index contributed by atoms with van der Waals surface area (Å²) in [5.74, 6) is 0.780. The lowest BCUT2D eigenvalue weighted by Crippen LogP contribution is -2.21. The molecule has 2 atom stereocenters. The third kappa shape index (κ3) is 3.71. The molecule has 1 aliphatic rings. The fourth-order valence-electron chi connectivity index (χ4n) is 3.94. The molecule has 0 amide bonds. The summed E-state index contributed by atoms with van der Waals surface area (Å²) >= 11 is 0. The lowest BCUT2D eigenvalue weighted by atomic mass is 10.2. The number of hydrogen-bond donors (Lipinski definition) is 3. The number of aromatic nitrogens is 4. The highest BCUT2D eigenvalue weighted by atomic mass is 16.1. The zero-order valence-electron chi connectivity index (χ0n) is 15.9. The van der Waals surface area contributed by atoms with Crippen LogP contribution >= 0.6 is 0 Å². The molecular formula is C22H22N6O. The molecule has 5 rings (SSSR count). The van der Waals surface area contributed by atoms with Crippen molar-refractivity contribution in [2.45, 2.75) is 31.3 Å². The van der Waals surface area contributed by atoms with E-state index < -0.39 is 0 Å². The summed E-state index contributed by atoms with van der Waals surface area (Å²) in [7, 11) is 0. The Balaban J connectivity index is 1.21. The van der Waals surface area contributed by atoms with Gasteiger partial charge in [0.15, 0.2) is 5.65 Å². The van der Waals surface area contributed by atoms with Crippen LogP contribution in [0, 0.1) is 0 Å². The van der Waals surface area contributed by atoms with E-state index in [1.807, 2.05) is 42.5 Å². The number of hydrogen-bond acceptors (Lipinski definition) is 5. The van der Waals surface area contributed by atoms with Crippen molar-refractivity contribution in [3.63, 3.8) is 0 Å². The third-order valence-corrected chi connectivity index (χ3v) is 5.37. The number of imidazole rings is 1. The summed E-state index contributed by atoms with van der Waals surface area (Å²) in [4.78, 5) is 24.0. The highest BCUT2D eigenvalue weighted by Crippen LogP contribution is 2.26. The number of anilines is 2. The normalized spacial score (nSPS) is 18.8. The summed E-state index contributed by atoms with van der Waals surface area (Å²) in [6, 6.07) is 17.8. The standard InChI is InChI=1S/C22H22N6O/c29-20-5-1-2-13-28(20)18-10-8-15(9-11-18)24-16-6-7-17(14-16)25-22-26-19-4-3-12-23-21(19)27-22/h1-5,8-13,16-17,24H,6-7,14H2,(H2,23,25,26,27)/t16-,17-/m0/s1. The molecule has 0 spiro atoms. The van der Waals surface area contributed by atoms with Gasteiger partial charge in [-0.3, -0.25) is 9.36 Å². The Morgan fingerprint density at radius 3 is 2.59 bits per heavy atom. The third-order valence-electron chi connectivity index (χ3n) is 5.37. The lowest BCUT2D eigenvalue weighted by molar-refractivity contribution is 0.721. The second-order valence-electron chi connectivity index (χ2n) is 7.41. The minimum atomic E-state index is -0.0290. The first kappa shape index (κ1) is 17.5. The van der Waals surface area contributed by atoms with E-state index in [1.165, 1.54) is 0 Å². The van der Waals surface area contributed by atoms with E-state index in [0.29, 0.717) is 12.1 Å². The molecule has 29 heavy (non-hydrogen) atoms. The van der Waals surface area contributed by atoms with Crippen LogP contribution in [0.15, 0.2) is 71.8 Å². The first-order valence-electron chi connectivity index (χ1n) is 9.86. The first-order chi connectivity index (χ1) is 14.2. The predicted molar refractivity (Wildman–Crippen MR) is 115 cm³/mol. The molecule has 0 saturated heterocycles. The van der Waals surface area contributed by atoms with E-state index in [1.54, 1.807) is 29.1 Å². The zero-order chi connectivity index (χ0) is 19.6. The molecule has 3 aromatic heterocycles. The zero-order valence-corrected chi connectivity index (χ0v) is 15.9. The van der Waals surface area contributed by atoms with Crippen LogP contribution in [0.5, 0.6) is 0 Å². The highest BCUT2D eigenvalue weighted by Gasteiger charge is 2.25. The Hall–Kier alpha value is -3.61. The Morgan fingerprint density at radius 1 is 0.966 bits per heavy atom. The molecule has 7 nitrogen and oxygen atoms in total. The maximum Gasteiger partial charge on any atom is 0.255 e. The minimum absolute atomic E-state index is 0.0290. The molecule has 1 aromatic carbocycles. The monoisotopic (exact) mass is 386 g/mol. The number of aromatic amines is 1. The molecule has 0 radical (unpaired) electrons. The maximum atomic E-state index is 12.0. The number of nitrogens with zero attached hydrogens (tertiary/aromatic N) is 3. The summed E-state index contributed by atoms with van der Waals surface area (Å²) < 4.78 is 1.64. The Morgan fingerprint density at radius 2 is 1.79 bits per heavy atom. The number of fused-ring (bicyclic) bond motifs is 1. The van der Waals surface area contributed by atoms with Gasteiger partial charge < -0.3 is 15.6 Å². The van der Waals surface area contributed by atoms with Gasteiger partial charge in [-0.2, -0.15) is 0 Å². The minimum Gasteiger partial charge on any atom is -0.382 e. The first-order valence-corrected chi connectivity index (χ1v) is 9.86. The average molecular weight is 386 g/mol. The molecule has 1 aliphatic carbocycles. The van der Waals surface area contributed by atoms with Crippen molar-refractivity contribution >= 4 is 22.8 Å². The smallest absolute Gasteiger partial charge is 0.255 e. The van der Waals surface area contributed by atoms with Crippen molar-refractivity contribution < 1.29 is 0 Å². The van der Waals surface area contributed by atoms with Crippen LogP contribution < -0.4 is 16.2 Å². The molecular weight excluding hydrogens is 364 g/mol. The second kappa shape index (κ2) is 7.43. The van der Waals surface area contributed by atoms with Crippen LogP contribution in [0.2, 0.25) is 0 Å². The maximum absolute atomic E-state index is 12.0. The fourth-order valence-corrected chi connectivity index (χ4v) is 3.94. The number of nitrogens with one attached hydrogen (secondary N) is 3. The molecule has 3 N–H and O–H groups in total. The van der Waals surface area contributed by atoms with Crippen molar-refractivity contribution in [1.82, 2.24) is 19.5 Å². The number of pyridine rings is 2. The van der Waals surface area contributed by atoms with Crippen molar-refractivity contribution in [1.29, 1.82) is 0 Å². The van der Waals surface area contributed by atoms with Gasteiger partial charge in [-0.1, -0.05) is 6.07 Å². The predicted octanol–water partition coefficient (Wildman–Crippen LogP) is 3.55.